The van der Waals surface area contributed by atoms with Crippen molar-refractivity contribution in [2.45, 2.75) is 42.2 Å². The van der Waals surface area contributed by atoms with Crippen molar-refractivity contribution in [2.24, 2.45) is 10.7 Å². The van der Waals surface area contributed by atoms with Crippen LogP contribution in [0.4, 0.5) is 15.9 Å². The van der Waals surface area contributed by atoms with E-state index in [1.54, 1.807) is 38.2 Å². The van der Waals surface area contributed by atoms with Gasteiger partial charge in [0.15, 0.2) is 15.7 Å². The third-order valence-corrected chi connectivity index (χ3v) is 9.94. The number of fused-ring (bicyclic) bond motifs is 3. The Labute approximate surface area is 190 Å². The molecular weight excluding hydrogens is 447 g/mol. The average molecular weight is 471 g/mol. The highest BCUT2D eigenvalue weighted by atomic mass is 32.2. The van der Waals surface area contributed by atoms with Crippen LogP contribution in [0.1, 0.15) is 32.3 Å². The van der Waals surface area contributed by atoms with Gasteiger partial charge in [-0.25, -0.2) is 27.8 Å². The fourth-order valence-electron chi connectivity index (χ4n) is 4.80. The summed E-state index contributed by atoms with van der Waals surface area (Å²) >= 11 is 0. The number of hydrogen-bond acceptors (Lipinski definition) is 9. The average Bonchev–Trinajstić information content (AvgIpc) is 2.97. The minimum Gasteiger partial charge on any atom is -0.480 e. The van der Waals surface area contributed by atoms with E-state index in [4.69, 9.17) is 10.5 Å². The van der Waals surface area contributed by atoms with Crippen molar-refractivity contribution >= 4 is 38.2 Å². The fraction of sp³-hybridized carbons (Fsp3) is 0.364. The summed E-state index contributed by atoms with van der Waals surface area (Å²) in [5.74, 6) is 0.254. The molecule has 1 saturated heterocycles. The lowest BCUT2D eigenvalue weighted by atomic mass is 9.86. The van der Waals surface area contributed by atoms with Gasteiger partial charge in [-0.05, 0) is 51.0 Å². The Bertz CT molecular complexity index is 1430. The quantitative estimate of drug-likeness (QED) is 0.595. The molecule has 3 aromatic rings. The normalized spacial score (nSPS) is 27.9. The Morgan fingerprint density at radius 1 is 1.24 bits per heavy atom. The largest absolute Gasteiger partial charge is 0.480 e. The lowest BCUT2D eigenvalue weighted by Crippen LogP contribution is -2.55. The number of nitrogens with two attached hydrogens (primary N) is 1. The molecule has 0 radical (unpaired) electrons. The molecule has 0 aliphatic carbocycles. The number of sulfone groups is 1. The van der Waals surface area contributed by atoms with Gasteiger partial charge in [-0.15, -0.1) is 0 Å². The predicted octanol–water partition coefficient (Wildman–Crippen LogP) is 2.84. The standard InChI is InChI=1S/C22H23FN6O3S/c1-21-8-6-16(33(21,30)31)22(2,29-20(21)24)13-10-12(4-5-14(13)23)27-19-18-15(7-9-25-19)28-17(32-3)11-26-18/h4-5,7,9-11,16H,6,8H2,1-3H3,(H2,24,29)(H,25,27)/t16-,21+,22+/m0/s1. The third-order valence-electron chi connectivity index (χ3n) is 6.83. The Morgan fingerprint density at radius 2 is 2.03 bits per heavy atom. The maximum Gasteiger partial charge on any atom is 0.232 e. The van der Waals surface area contributed by atoms with Crippen molar-refractivity contribution in [1.82, 2.24) is 15.0 Å². The first kappa shape index (κ1) is 21.5. The van der Waals surface area contributed by atoms with Gasteiger partial charge in [0, 0.05) is 17.4 Å². The van der Waals surface area contributed by atoms with Crippen LogP contribution < -0.4 is 15.8 Å². The number of nitrogens with zero attached hydrogens (tertiary/aromatic N) is 4. The molecular formula is C22H23FN6O3S. The lowest BCUT2D eigenvalue weighted by molar-refractivity contribution is 0.397. The number of hydrogen-bond donors (Lipinski definition) is 2. The monoisotopic (exact) mass is 470 g/mol. The van der Waals surface area contributed by atoms with E-state index in [9.17, 15) is 8.42 Å². The highest BCUT2D eigenvalue weighted by molar-refractivity contribution is 7.94. The number of nitrogens with one attached hydrogen (secondary N) is 1. The van der Waals surface area contributed by atoms with Crippen LogP contribution in [0.3, 0.4) is 0 Å². The number of rotatable bonds is 4. The second-order valence-corrected chi connectivity index (χ2v) is 11.3. The molecule has 2 aromatic heterocycles. The Hall–Kier alpha value is -3.34. The van der Waals surface area contributed by atoms with Gasteiger partial charge in [0.1, 0.15) is 27.5 Å². The van der Waals surface area contributed by atoms with Crippen LogP contribution in [0.25, 0.3) is 11.0 Å². The van der Waals surface area contributed by atoms with Gasteiger partial charge in [0.05, 0.1) is 24.1 Å². The van der Waals surface area contributed by atoms with E-state index in [1.165, 1.54) is 19.4 Å². The third kappa shape index (κ3) is 2.98. The van der Waals surface area contributed by atoms with Gasteiger partial charge in [0.25, 0.3) is 0 Å². The fourth-order valence-corrected chi connectivity index (χ4v) is 7.37. The first-order valence-electron chi connectivity index (χ1n) is 10.4. The number of anilines is 2. The lowest BCUT2D eigenvalue weighted by Gasteiger charge is -2.39. The second kappa shape index (κ2) is 7.08. The molecule has 2 aliphatic rings. The van der Waals surface area contributed by atoms with Crippen molar-refractivity contribution in [3.8, 4) is 5.88 Å². The van der Waals surface area contributed by atoms with E-state index in [-0.39, 0.29) is 11.4 Å². The highest BCUT2D eigenvalue weighted by Gasteiger charge is 2.63. The summed E-state index contributed by atoms with van der Waals surface area (Å²) in [6, 6.07) is 6.08. The summed E-state index contributed by atoms with van der Waals surface area (Å²) in [5.41, 5.74) is 6.52. The summed E-state index contributed by atoms with van der Waals surface area (Å²) < 4.78 is 45.5. The molecule has 9 nitrogen and oxygen atoms in total. The molecule has 2 aliphatic heterocycles. The topological polar surface area (TPSA) is 132 Å². The van der Waals surface area contributed by atoms with E-state index < -0.39 is 31.2 Å². The molecule has 0 unspecified atom stereocenters. The number of benzene rings is 1. The number of ether oxygens (including phenoxy) is 1. The predicted molar refractivity (Wildman–Crippen MR) is 123 cm³/mol. The van der Waals surface area contributed by atoms with Crippen LogP contribution in [0.5, 0.6) is 5.88 Å². The number of halogens is 1. The molecule has 2 bridgehead atoms. The van der Waals surface area contributed by atoms with E-state index in [1.807, 2.05) is 0 Å². The second-order valence-electron chi connectivity index (χ2n) is 8.71. The van der Waals surface area contributed by atoms with Gasteiger partial charge in [-0.3, -0.25) is 4.99 Å². The zero-order valence-electron chi connectivity index (χ0n) is 18.3. The number of amidine groups is 1. The zero-order valence-corrected chi connectivity index (χ0v) is 19.1. The molecule has 4 heterocycles. The SMILES string of the molecule is COc1cnc2c(Nc3ccc(F)c([C@@]4(C)N=C(N)[C@@]5(C)CC[C@@H]4S5(=O)=O)c3)nccc2n1. The van der Waals surface area contributed by atoms with Crippen LogP contribution in [-0.4, -0.2) is 46.3 Å². The van der Waals surface area contributed by atoms with Crippen LogP contribution in [0.2, 0.25) is 0 Å². The molecule has 11 heteroatoms. The molecule has 5 rings (SSSR count). The zero-order chi connectivity index (χ0) is 23.6. The maximum atomic E-state index is 15.1. The van der Waals surface area contributed by atoms with Crippen molar-refractivity contribution in [3.05, 3.63) is 48.0 Å². The summed E-state index contributed by atoms with van der Waals surface area (Å²) in [4.78, 5) is 17.6. The summed E-state index contributed by atoms with van der Waals surface area (Å²) in [6.07, 6.45) is 3.78. The van der Waals surface area contributed by atoms with Crippen molar-refractivity contribution < 1.29 is 17.5 Å². The number of aromatic nitrogens is 3. The molecule has 172 valence electrons. The summed E-state index contributed by atoms with van der Waals surface area (Å²) in [5, 5.41) is 2.28. The Balaban J connectivity index is 1.59. The van der Waals surface area contributed by atoms with Crippen molar-refractivity contribution in [2.75, 3.05) is 12.4 Å². The first-order chi connectivity index (χ1) is 15.6. The maximum absolute atomic E-state index is 15.1. The molecule has 3 atom stereocenters. The number of aliphatic imine (C=N–C) groups is 1. The van der Waals surface area contributed by atoms with Crippen molar-refractivity contribution in [3.63, 3.8) is 0 Å². The van der Waals surface area contributed by atoms with Gasteiger partial charge in [-0.2, -0.15) is 0 Å². The molecule has 0 saturated carbocycles. The van der Waals surface area contributed by atoms with Crippen LogP contribution >= 0.6 is 0 Å². The minimum absolute atomic E-state index is 0.0245. The molecule has 0 spiro atoms. The Kier molecular flexibility index (Phi) is 4.61. The van der Waals surface area contributed by atoms with E-state index in [0.717, 1.165) is 0 Å². The van der Waals surface area contributed by atoms with Crippen molar-refractivity contribution in [1.29, 1.82) is 0 Å². The van der Waals surface area contributed by atoms with Gasteiger partial charge < -0.3 is 15.8 Å². The Morgan fingerprint density at radius 3 is 2.79 bits per heavy atom. The van der Waals surface area contributed by atoms with Crippen LogP contribution in [-0.2, 0) is 15.4 Å². The van der Waals surface area contributed by atoms with E-state index in [2.05, 4.69) is 25.3 Å². The molecule has 3 N–H and O–H groups in total. The van der Waals surface area contributed by atoms with Crippen LogP contribution in [0, 0.1) is 5.82 Å². The smallest absolute Gasteiger partial charge is 0.232 e. The van der Waals surface area contributed by atoms with Gasteiger partial charge >= 0.3 is 0 Å². The highest BCUT2D eigenvalue weighted by Crippen LogP contribution is 2.51. The minimum atomic E-state index is -3.64. The number of pyridine rings is 1. The molecule has 0 amide bonds. The van der Waals surface area contributed by atoms with Crippen LogP contribution in [0.15, 0.2) is 41.7 Å². The molecule has 1 aromatic carbocycles. The van der Waals surface area contributed by atoms with Gasteiger partial charge in [0.2, 0.25) is 5.88 Å². The first-order valence-corrected chi connectivity index (χ1v) is 12.0. The number of methoxy groups -OCH3 is 1. The molecule has 1 fully saturated rings. The van der Waals surface area contributed by atoms with E-state index in [0.29, 0.717) is 41.3 Å². The molecule has 33 heavy (non-hydrogen) atoms. The summed E-state index contributed by atoms with van der Waals surface area (Å²) in [6.45, 7) is 3.22. The summed E-state index contributed by atoms with van der Waals surface area (Å²) in [7, 11) is -2.14. The van der Waals surface area contributed by atoms with Gasteiger partial charge in [-0.1, -0.05) is 0 Å². The van der Waals surface area contributed by atoms with E-state index >= 15 is 4.39 Å².